The van der Waals surface area contributed by atoms with Crippen LogP contribution in [0.15, 0.2) is 18.5 Å². The SMILES string of the molecule is CC(C)NCC(O)c1cc[nH]c1. The Morgan fingerprint density at radius 2 is 2.33 bits per heavy atom. The van der Waals surface area contributed by atoms with Crippen LogP contribution < -0.4 is 5.32 Å². The minimum absolute atomic E-state index is 0.404. The second-order valence-electron chi connectivity index (χ2n) is 3.22. The van der Waals surface area contributed by atoms with Crippen LogP contribution in [0.2, 0.25) is 0 Å². The van der Waals surface area contributed by atoms with Crippen molar-refractivity contribution in [2.24, 2.45) is 0 Å². The molecule has 0 saturated carbocycles. The van der Waals surface area contributed by atoms with Gasteiger partial charge in [0.05, 0.1) is 6.10 Å². The van der Waals surface area contributed by atoms with Crippen LogP contribution in [0.25, 0.3) is 0 Å². The van der Waals surface area contributed by atoms with Crippen LogP contribution in [0, 0.1) is 0 Å². The normalized spacial score (nSPS) is 13.7. The molecule has 12 heavy (non-hydrogen) atoms. The van der Waals surface area contributed by atoms with E-state index in [0.717, 1.165) is 5.56 Å². The fourth-order valence-electron chi connectivity index (χ4n) is 1.01. The molecule has 1 atom stereocenters. The number of aromatic nitrogens is 1. The highest BCUT2D eigenvalue weighted by atomic mass is 16.3. The molecule has 1 rings (SSSR count). The van der Waals surface area contributed by atoms with Crippen molar-refractivity contribution in [2.45, 2.75) is 26.0 Å². The molecule has 0 saturated heterocycles. The van der Waals surface area contributed by atoms with Gasteiger partial charge in [-0.15, -0.1) is 0 Å². The van der Waals surface area contributed by atoms with Gasteiger partial charge in [0, 0.05) is 25.0 Å². The predicted octanol–water partition coefficient (Wildman–Crippen LogP) is 1.05. The zero-order valence-electron chi connectivity index (χ0n) is 7.54. The largest absolute Gasteiger partial charge is 0.387 e. The Morgan fingerprint density at radius 3 is 2.83 bits per heavy atom. The first-order valence-corrected chi connectivity index (χ1v) is 4.24. The maximum absolute atomic E-state index is 9.58. The summed E-state index contributed by atoms with van der Waals surface area (Å²) >= 11 is 0. The minimum atomic E-state index is -0.404. The summed E-state index contributed by atoms with van der Waals surface area (Å²) in [5, 5.41) is 12.7. The molecule has 0 amide bonds. The van der Waals surface area contributed by atoms with Crippen molar-refractivity contribution < 1.29 is 5.11 Å². The molecule has 1 aromatic heterocycles. The molecule has 0 aliphatic heterocycles. The summed E-state index contributed by atoms with van der Waals surface area (Å²) in [6.07, 6.45) is 3.22. The summed E-state index contributed by atoms with van der Waals surface area (Å²) < 4.78 is 0. The lowest BCUT2D eigenvalue weighted by Gasteiger charge is -2.12. The van der Waals surface area contributed by atoms with Crippen LogP contribution in [0.1, 0.15) is 25.5 Å². The van der Waals surface area contributed by atoms with Crippen LogP contribution in [-0.2, 0) is 0 Å². The molecule has 0 aliphatic rings. The fourth-order valence-corrected chi connectivity index (χ4v) is 1.01. The van der Waals surface area contributed by atoms with E-state index in [1.54, 1.807) is 0 Å². The molecule has 0 bridgehead atoms. The summed E-state index contributed by atoms with van der Waals surface area (Å²) in [5.41, 5.74) is 0.933. The van der Waals surface area contributed by atoms with E-state index in [9.17, 15) is 5.11 Å². The van der Waals surface area contributed by atoms with Crippen molar-refractivity contribution in [2.75, 3.05) is 6.54 Å². The van der Waals surface area contributed by atoms with E-state index in [4.69, 9.17) is 0 Å². The first-order chi connectivity index (χ1) is 5.70. The van der Waals surface area contributed by atoms with Gasteiger partial charge in [0.25, 0.3) is 0 Å². The molecule has 1 aromatic rings. The lowest BCUT2D eigenvalue weighted by molar-refractivity contribution is 0.172. The van der Waals surface area contributed by atoms with Gasteiger partial charge in [-0.2, -0.15) is 0 Å². The summed E-state index contributed by atoms with van der Waals surface area (Å²) in [6.45, 7) is 4.73. The topological polar surface area (TPSA) is 48.0 Å². The van der Waals surface area contributed by atoms with Gasteiger partial charge in [0.2, 0.25) is 0 Å². The quantitative estimate of drug-likeness (QED) is 0.629. The van der Waals surface area contributed by atoms with Crippen LogP contribution in [0.3, 0.4) is 0 Å². The summed E-state index contributed by atoms with van der Waals surface area (Å²) in [7, 11) is 0. The number of rotatable bonds is 4. The third kappa shape index (κ3) is 2.68. The van der Waals surface area contributed by atoms with Gasteiger partial charge in [-0.05, 0) is 11.6 Å². The molecule has 0 spiro atoms. The van der Waals surface area contributed by atoms with Gasteiger partial charge in [0.15, 0.2) is 0 Å². The molecular weight excluding hydrogens is 152 g/mol. The van der Waals surface area contributed by atoms with Crippen LogP contribution in [0.4, 0.5) is 0 Å². The number of aliphatic hydroxyl groups is 1. The van der Waals surface area contributed by atoms with Gasteiger partial charge >= 0.3 is 0 Å². The van der Waals surface area contributed by atoms with Crippen molar-refractivity contribution >= 4 is 0 Å². The maximum Gasteiger partial charge on any atom is 0.0928 e. The minimum Gasteiger partial charge on any atom is -0.387 e. The van der Waals surface area contributed by atoms with E-state index in [2.05, 4.69) is 24.1 Å². The van der Waals surface area contributed by atoms with Crippen molar-refractivity contribution in [1.82, 2.24) is 10.3 Å². The Hall–Kier alpha value is -0.800. The first kappa shape index (κ1) is 9.29. The molecule has 3 heteroatoms. The highest BCUT2D eigenvalue weighted by molar-refractivity contribution is 5.11. The van der Waals surface area contributed by atoms with Crippen molar-refractivity contribution in [3.05, 3.63) is 24.0 Å². The number of aliphatic hydroxyl groups excluding tert-OH is 1. The molecule has 68 valence electrons. The van der Waals surface area contributed by atoms with Gasteiger partial charge in [0.1, 0.15) is 0 Å². The Kier molecular flexibility index (Phi) is 3.31. The van der Waals surface area contributed by atoms with Crippen LogP contribution in [0.5, 0.6) is 0 Å². The maximum atomic E-state index is 9.58. The molecule has 3 nitrogen and oxygen atoms in total. The zero-order chi connectivity index (χ0) is 8.97. The van der Waals surface area contributed by atoms with Crippen molar-refractivity contribution in [3.63, 3.8) is 0 Å². The lowest BCUT2D eigenvalue weighted by Crippen LogP contribution is -2.27. The molecule has 0 aliphatic carbocycles. The Bertz CT molecular complexity index is 206. The Labute approximate surface area is 72.8 Å². The Balaban J connectivity index is 2.34. The second kappa shape index (κ2) is 4.28. The monoisotopic (exact) mass is 168 g/mol. The first-order valence-electron chi connectivity index (χ1n) is 4.24. The van der Waals surface area contributed by atoms with Gasteiger partial charge < -0.3 is 15.4 Å². The van der Waals surface area contributed by atoms with E-state index in [0.29, 0.717) is 12.6 Å². The fraction of sp³-hybridized carbons (Fsp3) is 0.556. The third-order valence-corrected chi connectivity index (χ3v) is 1.73. The van der Waals surface area contributed by atoms with Gasteiger partial charge in [-0.25, -0.2) is 0 Å². The highest BCUT2D eigenvalue weighted by Gasteiger charge is 2.06. The summed E-state index contributed by atoms with van der Waals surface area (Å²) in [6, 6.07) is 2.30. The second-order valence-corrected chi connectivity index (χ2v) is 3.22. The van der Waals surface area contributed by atoms with Gasteiger partial charge in [-0.1, -0.05) is 13.8 Å². The zero-order valence-corrected chi connectivity index (χ0v) is 7.54. The average molecular weight is 168 g/mol. The summed E-state index contributed by atoms with van der Waals surface area (Å²) in [5.74, 6) is 0. The molecule has 0 aromatic carbocycles. The number of hydrogen-bond donors (Lipinski definition) is 3. The molecule has 1 unspecified atom stereocenters. The molecule has 0 fully saturated rings. The predicted molar refractivity (Wildman–Crippen MR) is 48.9 cm³/mol. The van der Waals surface area contributed by atoms with E-state index >= 15 is 0 Å². The molecule has 0 radical (unpaired) electrons. The molecular formula is C9H16N2O. The summed E-state index contributed by atoms with van der Waals surface area (Å²) in [4.78, 5) is 2.91. The number of H-pyrrole nitrogens is 1. The highest BCUT2D eigenvalue weighted by Crippen LogP contribution is 2.09. The standard InChI is InChI=1S/C9H16N2O/c1-7(2)11-6-9(12)8-3-4-10-5-8/h3-5,7,9-12H,6H2,1-2H3. The third-order valence-electron chi connectivity index (χ3n) is 1.73. The van der Waals surface area contributed by atoms with E-state index in [1.807, 2.05) is 18.5 Å². The number of hydrogen-bond acceptors (Lipinski definition) is 2. The molecule has 3 N–H and O–H groups in total. The molecule has 1 heterocycles. The van der Waals surface area contributed by atoms with E-state index in [-0.39, 0.29) is 0 Å². The number of aromatic amines is 1. The van der Waals surface area contributed by atoms with Gasteiger partial charge in [-0.3, -0.25) is 0 Å². The van der Waals surface area contributed by atoms with E-state index < -0.39 is 6.10 Å². The van der Waals surface area contributed by atoms with Crippen LogP contribution in [-0.4, -0.2) is 22.7 Å². The smallest absolute Gasteiger partial charge is 0.0928 e. The van der Waals surface area contributed by atoms with Crippen molar-refractivity contribution in [3.8, 4) is 0 Å². The van der Waals surface area contributed by atoms with E-state index in [1.165, 1.54) is 0 Å². The van der Waals surface area contributed by atoms with Crippen LogP contribution >= 0.6 is 0 Å². The lowest BCUT2D eigenvalue weighted by atomic mass is 10.2. The number of nitrogens with one attached hydrogen (secondary N) is 2. The van der Waals surface area contributed by atoms with Crippen molar-refractivity contribution in [1.29, 1.82) is 0 Å². The average Bonchev–Trinajstić information content (AvgIpc) is 2.51. The Morgan fingerprint density at radius 1 is 1.58 bits per heavy atom.